The molecule has 0 aromatic heterocycles. The van der Waals surface area contributed by atoms with Crippen LogP contribution in [0.15, 0.2) is 22.7 Å². The number of halogens is 1. The standard InChI is InChI=1S/C16H22BrNO/c1-11-6-7-13(14(17)9-11)15(19)18-12-5-4-8-16(2,3)10-12/h6-7,9,12H,4-5,8,10H2,1-3H3,(H,18,19). The van der Waals surface area contributed by atoms with E-state index in [0.717, 1.165) is 28.4 Å². The zero-order valence-electron chi connectivity index (χ0n) is 11.9. The molecule has 0 aliphatic heterocycles. The number of carbonyl (C=O) groups excluding carboxylic acids is 1. The highest BCUT2D eigenvalue weighted by Crippen LogP contribution is 2.35. The predicted octanol–water partition coefficient (Wildman–Crippen LogP) is 4.46. The van der Waals surface area contributed by atoms with E-state index < -0.39 is 0 Å². The highest BCUT2D eigenvalue weighted by Gasteiger charge is 2.29. The quantitative estimate of drug-likeness (QED) is 0.855. The summed E-state index contributed by atoms with van der Waals surface area (Å²) in [6.07, 6.45) is 4.63. The van der Waals surface area contributed by atoms with Gasteiger partial charge in [0, 0.05) is 10.5 Å². The van der Waals surface area contributed by atoms with Crippen molar-refractivity contribution in [3.8, 4) is 0 Å². The summed E-state index contributed by atoms with van der Waals surface area (Å²) in [7, 11) is 0. The zero-order chi connectivity index (χ0) is 14.0. The number of hydrogen-bond donors (Lipinski definition) is 1. The molecule has 2 nitrogen and oxygen atoms in total. The lowest BCUT2D eigenvalue weighted by atomic mass is 9.75. The van der Waals surface area contributed by atoms with Gasteiger partial charge in [0.25, 0.3) is 5.91 Å². The first kappa shape index (κ1) is 14.6. The largest absolute Gasteiger partial charge is 0.349 e. The van der Waals surface area contributed by atoms with E-state index in [1.807, 2.05) is 25.1 Å². The summed E-state index contributed by atoms with van der Waals surface area (Å²) in [4.78, 5) is 12.3. The lowest BCUT2D eigenvalue weighted by molar-refractivity contribution is 0.0902. The molecule has 1 aliphatic rings. The van der Waals surface area contributed by atoms with Gasteiger partial charge in [-0.15, -0.1) is 0 Å². The van der Waals surface area contributed by atoms with E-state index in [2.05, 4.69) is 35.1 Å². The number of nitrogens with one attached hydrogen (secondary N) is 1. The van der Waals surface area contributed by atoms with Crippen molar-refractivity contribution in [2.45, 2.75) is 52.5 Å². The molecule has 0 saturated heterocycles. The van der Waals surface area contributed by atoms with Gasteiger partial charge in [-0.3, -0.25) is 4.79 Å². The lowest BCUT2D eigenvalue weighted by Crippen LogP contribution is -2.40. The Labute approximate surface area is 124 Å². The Morgan fingerprint density at radius 2 is 2.16 bits per heavy atom. The van der Waals surface area contributed by atoms with E-state index in [-0.39, 0.29) is 5.91 Å². The molecule has 1 aromatic carbocycles. The maximum absolute atomic E-state index is 12.3. The Hall–Kier alpha value is -0.830. The molecule has 0 bridgehead atoms. The van der Waals surface area contributed by atoms with E-state index in [1.54, 1.807) is 0 Å². The Balaban J connectivity index is 2.04. The van der Waals surface area contributed by atoms with Gasteiger partial charge in [0.15, 0.2) is 0 Å². The van der Waals surface area contributed by atoms with Crippen LogP contribution in [0.25, 0.3) is 0 Å². The number of carbonyl (C=O) groups is 1. The maximum atomic E-state index is 12.3. The summed E-state index contributed by atoms with van der Waals surface area (Å²) < 4.78 is 0.875. The molecule has 0 spiro atoms. The topological polar surface area (TPSA) is 29.1 Å². The van der Waals surface area contributed by atoms with Gasteiger partial charge >= 0.3 is 0 Å². The van der Waals surface area contributed by atoms with Crippen molar-refractivity contribution in [2.75, 3.05) is 0 Å². The second-order valence-corrected chi connectivity index (χ2v) is 7.27. The Kier molecular flexibility index (Phi) is 4.34. The van der Waals surface area contributed by atoms with Gasteiger partial charge in [0.2, 0.25) is 0 Å². The van der Waals surface area contributed by atoms with Gasteiger partial charge in [0.1, 0.15) is 0 Å². The molecule has 1 atom stereocenters. The summed E-state index contributed by atoms with van der Waals surface area (Å²) in [5.74, 6) is 0.0366. The third-order valence-electron chi connectivity index (χ3n) is 3.91. The average molecular weight is 324 g/mol. The summed E-state index contributed by atoms with van der Waals surface area (Å²) in [6, 6.07) is 6.16. The minimum Gasteiger partial charge on any atom is -0.349 e. The van der Waals surface area contributed by atoms with Crippen molar-refractivity contribution in [3.05, 3.63) is 33.8 Å². The zero-order valence-corrected chi connectivity index (χ0v) is 13.5. The molecule has 19 heavy (non-hydrogen) atoms. The molecule has 1 amide bonds. The van der Waals surface area contributed by atoms with E-state index >= 15 is 0 Å². The van der Waals surface area contributed by atoms with Crippen molar-refractivity contribution in [1.29, 1.82) is 0 Å². The molecule has 1 fully saturated rings. The van der Waals surface area contributed by atoms with Crippen LogP contribution in [0.1, 0.15) is 55.5 Å². The van der Waals surface area contributed by atoms with Gasteiger partial charge < -0.3 is 5.32 Å². The summed E-state index contributed by atoms with van der Waals surface area (Å²) >= 11 is 3.47. The van der Waals surface area contributed by atoms with Crippen LogP contribution < -0.4 is 5.32 Å². The molecule has 2 rings (SSSR count). The molecule has 104 valence electrons. The SMILES string of the molecule is Cc1ccc(C(=O)NC2CCCC(C)(C)C2)c(Br)c1. The second kappa shape index (κ2) is 5.66. The highest BCUT2D eigenvalue weighted by atomic mass is 79.9. The molecule has 1 unspecified atom stereocenters. The summed E-state index contributed by atoms with van der Waals surface area (Å²) in [5, 5.41) is 3.18. The van der Waals surface area contributed by atoms with Crippen LogP contribution in [0.2, 0.25) is 0 Å². The van der Waals surface area contributed by atoms with E-state index in [4.69, 9.17) is 0 Å². The van der Waals surface area contributed by atoms with E-state index in [1.165, 1.54) is 12.8 Å². The van der Waals surface area contributed by atoms with Crippen LogP contribution in [0, 0.1) is 12.3 Å². The molecule has 3 heteroatoms. The Bertz CT molecular complexity index is 482. The third kappa shape index (κ3) is 3.82. The summed E-state index contributed by atoms with van der Waals surface area (Å²) in [6.45, 7) is 6.59. The van der Waals surface area contributed by atoms with Crippen molar-refractivity contribution in [2.24, 2.45) is 5.41 Å². The minimum atomic E-state index is 0.0366. The fourth-order valence-electron chi connectivity index (χ4n) is 2.89. The van der Waals surface area contributed by atoms with Crippen molar-refractivity contribution in [1.82, 2.24) is 5.32 Å². The molecule has 1 aliphatic carbocycles. The first-order valence-electron chi connectivity index (χ1n) is 6.94. The average Bonchev–Trinajstić information content (AvgIpc) is 2.27. The monoisotopic (exact) mass is 323 g/mol. The minimum absolute atomic E-state index is 0.0366. The molecule has 1 N–H and O–H groups in total. The van der Waals surface area contributed by atoms with Crippen LogP contribution in [0.3, 0.4) is 0 Å². The number of aryl methyl sites for hydroxylation is 1. The van der Waals surface area contributed by atoms with Gasteiger partial charge in [0.05, 0.1) is 5.56 Å². The van der Waals surface area contributed by atoms with E-state index in [9.17, 15) is 4.79 Å². The number of benzene rings is 1. The Morgan fingerprint density at radius 3 is 2.79 bits per heavy atom. The van der Waals surface area contributed by atoms with Crippen LogP contribution in [0.4, 0.5) is 0 Å². The third-order valence-corrected chi connectivity index (χ3v) is 4.57. The first-order valence-corrected chi connectivity index (χ1v) is 7.74. The van der Waals surface area contributed by atoms with E-state index in [0.29, 0.717) is 11.5 Å². The fraction of sp³-hybridized carbons (Fsp3) is 0.562. The first-order chi connectivity index (χ1) is 8.87. The van der Waals surface area contributed by atoms with Crippen LogP contribution in [0.5, 0.6) is 0 Å². The highest BCUT2D eigenvalue weighted by molar-refractivity contribution is 9.10. The van der Waals surface area contributed by atoms with Gasteiger partial charge in [-0.1, -0.05) is 26.3 Å². The fourth-order valence-corrected chi connectivity index (χ4v) is 3.56. The molecule has 1 aromatic rings. The van der Waals surface area contributed by atoms with Gasteiger partial charge in [-0.2, -0.15) is 0 Å². The van der Waals surface area contributed by atoms with Crippen LogP contribution in [-0.2, 0) is 0 Å². The van der Waals surface area contributed by atoms with Crippen molar-refractivity contribution >= 4 is 21.8 Å². The number of rotatable bonds is 2. The summed E-state index contributed by atoms with van der Waals surface area (Å²) in [5.41, 5.74) is 2.23. The molecule has 0 radical (unpaired) electrons. The molecule has 1 saturated carbocycles. The van der Waals surface area contributed by atoms with Gasteiger partial charge in [-0.05, 0) is 65.2 Å². The molecular weight excluding hydrogens is 302 g/mol. The Morgan fingerprint density at radius 1 is 1.42 bits per heavy atom. The number of amides is 1. The molecular formula is C16H22BrNO. The molecule has 0 heterocycles. The van der Waals surface area contributed by atoms with Gasteiger partial charge in [-0.25, -0.2) is 0 Å². The maximum Gasteiger partial charge on any atom is 0.252 e. The predicted molar refractivity (Wildman–Crippen MR) is 82.4 cm³/mol. The van der Waals surface area contributed by atoms with Crippen molar-refractivity contribution in [3.63, 3.8) is 0 Å². The smallest absolute Gasteiger partial charge is 0.252 e. The van der Waals surface area contributed by atoms with Crippen LogP contribution in [-0.4, -0.2) is 11.9 Å². The van der Waals surface area contributed by atoms with Crippen LogP contribution >= 0.6 is 15.9 Å². The normalized spacial score (nSPS) is 22.0. The van der Waals surface area contributed by atoms with Crippen molar-refractivity contribution < 1.29 is 4.79 Å². The second-order valence-electron chi connectivity index (χ2n) is 6.41. The lowest BCUT2D eigenvalue weighted by Gasteiger charge is -2.35. The number of hydrogen-bond acceptors (Lipinski definition) is 1.